The van der Waals surface area contributed by atoms with Crippen LogP contribution in [0.5, 0.6) is 23.0 Å². The van der Waals surface area contributed by atoms with Crippen LogP contribution in [0.15, 0.2) is 101 Å². The minimum absolute atomic E-state index is 0.0473. The molecule has 1 aromatic heterocycles. The Bertz CT molecular complexity index is 1730. The molecule has 1 aliphatic heterocycles. The lowest BCUT2D eigenvalue weighted by molar-refractivity contribution is -0.402. The van der Waals surface area contributed by atoms with Crippen molar-refractivity contribution in [2.24, 2.45) is 0 Å². The Kier molecular flexibility index (Phi) is 8.07. The Balaban J connectivity index is 1.33. The number of nitrogens with zero attached hydrogens (tertiary/aromatic N) is 2. The van der Waals surface area contributed by atoms with Gasteiger partial charge in [-0.05, 0) is 78.5 Å². The molecule has 12 heteroatoms. The number of nitro groups is 1. The number of carbonyl (C=O) groups excluding carboxylic acids is 2. The molecule has 0 aliphatic carbocycles. The number of nitrogens with one attached hydrogen (secondary N) is 1. The highest BCUT2D eigenvalue weighted by molar-refractivity contribution is 7.80. The van der Waals surface area contributed by atoms with Gasteiger partial charge >= 0.3 is 5.88 Å². The highest BCUT2D eigenvalue weighted by Gasteiger charge is 2.34. The smallest absolute Gasteiger partial charge is 0.433 e. The number of benzene rings is 3. The van der Waals surface area contributed by atoms with Gasteiger partial charge in [0.15, 0.2) is 16.6 Å². The molecule has 210 valence electrons. The van der Waals surface area contributed by atoms with E-state index in [-0.39, 0.29) is 22.3 Å². The second kappa shape index (κ2) is 12.2. The number of rotatable bonds is 9. The molecule has 0 bridgehead atoms. The maximum absolute atomic E-state index is 13.4. The fourth-order valence-corrected chi connectivity index (χ4v) is 4.20. The van der Waals surface area contributed by atoms with Crippen LogP contribution in [0.1, 0.15) is 11.3 Å². The van der Waals surface area contributed by atoms with Crippen LogP contribution in [-0.4, -0.2) is 29.0 Å². The first-order chi connectivity index (χ1) is 20.3. The summed E-state index contributed by atoms with van der Waals surface area (Å²) in [5.74, 6) is 0.453. The van der Waals surface area contributed by atoms with Crippen LogP contribution in [-0.2, 0) is 9.59 Å². The molecule has 42 heavy (non-hydrogen) atoms. The Morgan fingerprint density at radius 1 is 0.952 bits per heavy atom. The molecular formula is C30H21N3O8S. The van der Waals surface area contributed by atoms with Crippen LogP contribution >= 0.6 is 12.2 Å². The molecule has 0 spiro atoms. The summed E-state index contributed by atoms with van der Waals surface area (Å²) < 4.78 is 21.8. The molecule has 0 radical (unpaired) electrons. The van der Waals surface area contributed by atoms with Crippen molar-refractivity contribution >= 4 is 52.9 Å². The molecule has 2 heterocycles. The van der Waals surface area contributed by atoms with Gasteiger partial charge in [0.05, 0.1) is 25.1 Å². The lowest BCUT2D eigenvalue weighted by atomic mass is 10.1. The van der Waals surface area contributed by atoms with Gasteiger partial charge in [0.25, 0.3) is 11.8 Å². The average molecular weight is 584 g/mol. The first-order valence-electron chi connectivity index (χ1n) is 12.3. The second-order valence-electron chi connectivity index (χ2n) is 8.63. The van der Waals surface area contributed by atoms with Crippen molar-refractivity contribution in [3.63, 3.8) is 0 Å². The normalized spacial score (nSPS) is 14.3. The highest BCUT2D eigenvalue weighted by Crippen LogP contribution is 2.31. The molecule has 1 N–H and O–H groups in total. The minimum Gasteiger partial charge on any atom is -0.493 e. The summed E-state index contributed by atoms with van der Waals surface area (Å²) in [6.45, 7) is 0. The number of hydrogen-bond donors (Lipinski definition) is 1. The predicted octanol–water partition coefficient (Wildman–Crippen LogP) is 5.87. The lowest BCUT2D eigenvalue weighted by Gasteiger charge is -2.29. The van der Waals surface area contributed by atoms with E-state index in [0.29, 0.717) is 34.2 Å². The van der Waals surface area contributed by atoms with Crippen LogP contribution in [0.25, 0.3) is 12.2 Å². The van der Waals surface area contributed by atoms with Gasteiger partial charge in [0, 0.05) is 6.08 Å². The van der Waals surface area contributed by atoms with Crippen molar-refractivity contribution in [1.29, 1.82) is 0 Å². The molecule has 0 unspecified atom stereocenters. The summed E-state index contributed by atoms with van der Waals surface area (Å²) >= 11 is 5.30. The number of methoxy groups -OCH3 is 1. The summed E-state index contributed by atoms with van der Waals surface area (Å²) in [7, 11) is 1.43. The third-order valence-electron chi connectivity index (χ3n) is 5.89. The van der Waals surface area contributed by atoms with Crippen molar-refractivity contribution < 1.29 is 33.1 Å². The quantitative estimate of drug-likeness (QED) is 0.0641. The second-order valence-corrected chi connectivity index (χ2v) is 9.02. The highest BCUT2D eigenvalue weighted by atomic mass is 32.1. The Labute approximate surface area is 244 Å². The van der Waals surface area contributed by atoms with Crippen molar-refractivity contribution in [2.75, 3.05) is 12.0 Å². The largest absolute Gasteiger partial charge is 0.493 e. The molecule has 1 saturated heterocycles. The van der Waals surface area contributed by atoms with E-state index < -0.39 is 16.7 Å². The molecular weight excluding hydrogens is 562 g/mol. The zero-order valence-corrected chi connectivity index (χ0v) is 22.7. The summed E-state index contributed by atoms with van der Waals surface area (Å²) in [4.78, 5) is 37.5. The van der Waals surface area contributed by atoms with Crippen LogP contribution in [0.3, 0.4) is 0 Å². The Morgan fingerprint density at radius 3 is 2.38 bits per heavy atom. The molecule has 4 aromatic rings. The van der Waals surface area contributed by atoms with Gasteiger partial charge < -0.3 is 18.6 Å². The molecule has 5 rings (SSSR count). The minimum atomic E-state index is -0.643. The standard InChI is InChI=1S/C30H21N3O8S/c1-38-26-18-19(7-13-25(26)39-16-15-23-12-14-27(41-23)33(36)37)17-24-28(34)31-30(42)32(29(24)35)20-8-10-22(11-9-20)40-21-5-3-2-4-6-21/h2-18H,1H3,(H,31,34,42). The van der Waals surface area contributed by atoms with Gasteiger partial charge in [-0.3, -0.25) is 29.9 Å². The zero-order valence-electron chi connectivity index (χ0n) is 21.9. The Morgan fingerprint density at radius 2 is 1.69 bits per heavy atom. The van der Waals surface area contributed by atoms with E-state index in [0.717, 1.165) is 0 Å². The third kappa shape index (κ3) is 6.18. The van der Waals surface area contributed by atoms with E-state index in [1.165, 1.54) is 42.6 Å². The van der Waals surface area contributed by atoms with E-state index in [9.17, 15) is 19.7 Å². The molecule has 0 saturated carbocycles. The van der Waals surface area contributed by atoms with Gasteiger partial charge in [-0.2, -0.15) is 0 Å². The predicted molar refractivity (Wildman–Crippen MR) is 157 cm³/mol. The number of carbonyl (C=O) groups is 2. The summed E-state index contributed by atoms with van der Waals surface area (Å²) in [6, 6.07) is 23.4. The zero-order chi connectivity index (χ0) is 29.6. The number of anilines is 1. The van der Waals surface area contributed by atoms with E-state index in [1.807, 2.05) is 30.3 Å². The monoisotopic (exact) mass is 583 g/mol. The van der Waals surface area contributed by atoms with E-state index in [2.05, 4.69) is 5.32 Å². The SMILES string of the molecule is COc1cc(C=C2C(=O)NC(=S)N(c3ccc(Oc4ccccc4)cc3)C2=O)ccc1OC=Cc1ccc([N+](=O)[O-])o1. The van der Waals surface area contributed by atoms with Crippen molar-refractivity contribution in [3.05, 3.63) is 118 Å². The maximum atomic E-state index is 13.4. The van der Waals surface area contributed by atoms with Crippen molar-refractivity contribution in [1.82, 2.24) is 5.32 Å². The lowest BCUT2D eigenvalue weighted by Crippen LogP contribution is -2.54. The van der Waals surface area contributed by atoms with Gasteiger partial charge in [-0.1, -0.05) is 24.3 Å². The summed E-state index contributed by atoms with van der Waals surface area (Å²) in [6.07, 6.45) is 4.11. The summed E-state index contributed by atoms with van der Waals surface area (Å²) in [5.41, 5.74) is 0.803. The fourth-order valence-electron chi connectivity index (χ4n) is 3.92. The van der Waals surface area contributed by atoms with E-state index >= 15 is 0 Å². The number of amides is 2. The molecule has 2 amide bonds. The Hall–Kier alpha value is -5.75. The number of para-hydroxylation sites is 1. The number of hydrogen-bond acceptors (Lipinski definition) is 9. The fraction of sp³-hybridized carbons (Fsp3) is 0.0333. The number of ether oxygens (including phenoxy) is 3. The number of furan rings is 1. The van der Waals surface area contributed by atoms with Crippen LogP contribution in [0, 0.1) is 10.1 Å². The molecule has 1 fully saturated rings. The van der Waals surface area contributed by atoms with Gasteiger partial charge in [0.2, 0.25) is 0 Å². The van der Waals surface area contributed by atoms with E-state index in [1.54, 1.807) is 42.5 Å². The van der Waals surface area contributed by atoms with Crippen LogP contribution in [0.4, 0.5) is 11.6 Å². The van der Waals surface area contributed by atoms with Crippen LogP contribution in [0.2, 0.25) is 0 Å². The summed E-state index contributed by atoms with van der Waals surface area (Å²) in [5, 5.41) is 13.3. The molecule has 1 aliphatic rings. The first kappa shape index (κ1) is 27.8. The van der Waals surface area contributed by atoms with E-state index in [4.69, 9.17) is 30.8 Å². The van der Waals surface area contributed by atoms with Gasteiger partial charge in [-0.15, -0.1) is 0 Å². The topological polar surface area (TPSA) is 133 Å². The third-order valence-corrected chi connectivity index (χ3v) is 6.18. The van der Waals surface area contributed by atoms with Gasteiger partial charge in [0.1, 0.15) is 27.8 Å². The van der Waals surface area contributed by atoms with Crippen molar-refractivity contribution in [3.8, 4) is 23.0 Å². The molecule has 11 nitrogen and oxygen atoms in total. The first-order valence-corrected chi connectivity index (χ1v) is 12.7. The molecule has 3 aromatic carbocycles. The molecule has 0 atom stereocenters. The van der Waals surface area contributed by atoms with Crippen molar-refractivity contribution in [2.45, 2.75) is 0 Å². The number of thiocarbonyl (C=S) groups is 1. The average Bonchev–Trinajstić information content (AvgIpc) is 3.46. The van der Waals surface area contributed by atoms with Crippen LogP contribution < -0.4 is 24.4 Å². The maximum Gasteiger partial charge on any atom is 0.433 e. The van der Waals surface area contributed by atoms with Gasteiger partial charge in [-0.25, -0.2) is 0 Å².